The summed E-state index contributed by atoms with van der Waals surface area (Å²) in [5.74, 6) is -1.12. The molecule has 9 heteroatoms. The molecule has 26 heavy (non-hydrogen) atoms. The van der Waals surface area contributed by atoms with Gasteiger partial charge in [0.1, 0.15) is 0 Å². The maximum absolute atomic E-state index is 12.8. The normalized spacial score (nSPS) is 15.7. The first-order valence-corrected chi connectivity index (χ1v) is 7.19. The number of alkyl halides is 3. The maximum Gasteiger partial charge on any atom is 0.416 e. The number of non-ortho nitro benzene ring substituents is 1. The van der Waals surface area contributed by atoms with Crippen LogP contribution in [0.4, 0.5) is 18.9 Å². The van der Waals surface area contributed by atoms with Crippen LogP contribution in [0.5, 0.6) is 0 Å². The van der Waals surface area contributed by atoms with E-state index in [1.165, 1.54) is 42.5 Å². The fourth-order valence-corrected chi connectivity index (χ4v) is 2.25. The molecule has 0 aromatic heterocycles. The number of nitro benzene ring substituents is 1. The highest BCUT2D eigenvalue weighted by atomic mass is 19.4. The zero-order chi connectivity index (χ0) is 18.9. The molecule has 0 saturated carbocycles. The minimum Gasteiger partial charge on any atom is -0.402 e. The number of nitrogens with zero attached hydrogens (tertiary/aromatic N) is 2. The Morgan fingerprint density at radius 1 is 1.12 bits per heavy atom. The molecule has 2 aromatic carbocycles. The molecule has 6 nitrogen and oxygen atoms in total. The lowest BCUT2D eigenvalue weighted by Crippen LogP contribution is -2.09. The van der Waals surface area contributed by atoms with Crippen molar-refractivity contribution in [3.05, 3.63) is 81.0 Å². The average Bonchev–Trinajstić information content (AvgIpc) is 2.95. The van der Waals surface area contributed by atoms with E-state index in [9.17, 15) is 28.1 Å². The van der Waals surface area contributed by atoms with Gasteiger partial charge in [0.25, 0.3) is 5.69 Å². The van der Waals surface area contributed by atoms with Gasteiger partial charge in [0.15, 0.2) is 5.70 Å². The van der Waals surface area contributed by atoms with Gasteiger partial charge in [-0.05, 0) is 29.8 Å². The summed E-state index contributed by atoms with van der Waals surface area (Å²) in [6, 6.07) is 9.69. The highest BCUT2D eigenvalue weighted by molar-refractivity contribution is 6.12. The lowest BCUT2D eigenvalue weighted by atomic mass is 10.1. The Kier molecular flexibility index (Phi) is 4.29. The van der Waals surface area contributed by atoms with E-state index in [-0.39, 0.29) is 22.8 Å². The number of hydrogen-bond donors (Lipinski definition) is 0. The van der Waals surface area contributed by atoms with Gasteiger partial charge in [-0.25, -0.2) is 9.79 Å². The van der Waals surface area contributed by atoms with Crippen molar-refractivity contribution in [1.82, 2.24) is 0 Å². The summed E-state index contributed by atoms with van der Waals surface area (Å²) in [5.41, 5.74) is -0.911. The standard InChI is InChI=1S/C17H9F3N2O4/c18-17(19,20)12-5-2-4-11(9-12)15-21-14(16(23)26-15)8-10-3-1-6-13(7-10)22(24)25/h1-9H. The van der Waals surface area contributed by atoms with Crippen LogP contribution in [-0.4, -0.2) is 16.8 Å². The molecule has 0 spiro atoms. The Morgan fingerprint density at radius 2 is 1.85 bits per heavy atom. The number of cyclic esters (lactones) is 1. The highest BCUT2D eigenvalue weighted by Gasteiger charge is 2.32. The molecule has 0 amide bonds. The average molecular weight is 362 g/mol. The van der Waals surface area contributed by atoms with Crippen LogP contribution in [0.1, 0.15) is 16.7 Å². The minimum atomic E-state index is -4.54. The number of carbonyl (C=O) groups excluding carboxylic acids is 1. The predicted octanol–water partition coefficient (Wildman–Crippen LogP) is 3.96. The molecule has 0 radical (unpaired) electrons. The van der Waals surface area contributed by atoms with Crippen molar-refractivity contribution in [2.75, 3.05) is 0 Å². The number of ether oxygens (including phenoxy) is 1. The summed E-state index contributed by atoms with van der Waals surface area (Å²) in [4.78, 5) is 26.0. The van der Waals surface area contributed by atoms with Crippen LogP contribution in [0, 0.1) is 10.1 Å². The van der Waals surface area contributed by atoms with Gasteiger partial charge < -0.3 is 4.74 Å². The van der Waals surface area contributed by atoms with Crippen molar-refractivity contribution in [1.29, 1.82) is 0 Å². The zero-order valence-corrected chi connectivity index (χ0v) is 12.9. The summed E-state index contributed by atoms with van der Waals surface area (Å²) >= 11 is 0. The van der Waals surface area contributed by atoms with Crippen LogP contribution in [0.15, 0.2) is 59.2 Å². The largest absolute Gasteiger partial charge is 0.416 e. The van der Waals surface area contributed by atoms with E-state index >= 15 is 0 Å². The quantitative estimate of drug-likeness (QED) is 0.358. The molecule has 1 heterocycles. The lowest BCUT2D eigenvalue weighted by Gasteiger charge is -2.07. The van der Waals surface area contributed by atoms with Crippen LogP contribution in [0.3, 0.4) is 0 Å². The van der Waals surface area contributed by atoms with Crippen molar-refractivity contribution in [3.8, 4) is 0 Å². The molecule has 3 rings (SSSR count). The van der Waals surface area contributed by atoms with Gasteiger partial charge in [0, 0.05) is 17.7 Å². The molecule has 0 saturated heterocycles. The van der Waals surface area contributed by atoms with Crippen LogP contribution < -0.4 is 0 Å². The van der Waals surface area contributed by atoms with Crippen LogP contribution in [0.25, 0.3) is 6.08 Å². The van der Waals surface area contributed by atoms with E-state index in [0.717, 1.165) is 12.1 Å². The number of benzene rings is 2. The van der Waals surface area contributed by atoms with E-state index in [1.54, 1.807) is 0 Å². The molecule has 0 aliphatic carbocycles. The van der Waals surface area contributed by atoms with Gasteiger partial charge in [0.05, 0.1) is 10.5 Å². The summed E-state index contributed by atoms with van der Waals surface area (Å²) in [6.45, 7) is 0. The molecule has 1 aliphatic rings. The lowest BCUT2D eigenvalue weighted by molar-refractivity contribution is -0.384. The predicted molar refractivity (Wildman–Crippen MR) is 85.1 cm³/mol. The van der Waals surface area contributed by atoms with Crippen molar-refractivity contribution >= 4 is 23.6 Å². The Balaban J connectivity index is 1.95. The van der Waals surface area contributed by atoms with Gasteiger partial charge in [-0.1, -0.05) is 18.2 Å². The summed E-state index contributed by atoms with van der Waals surface area (Å²) in [5, 5.41) is 10.8. The first kappa shape index (κ1) is 17.3. The van der Waals surface area contributed by atoms with E-state index in [2.05, 4.69) is 4.99 Å². The van der Waals surface area contributed by atoms with Crippen molar-refractivity contribution < 1.29 is 27.6 Å². The third-order valence-electron chi connectivity index (χ3n) is 3.44. The summed E-state index contributed by atoms with van der Waals surface area (Å²) in [6.07, 6.45) is -3.28. The van der Waals surface area contributed by atoms with Gasteiger partial charge >= 0.3 is 12.1 Å². The first-order valence-electron chi connectivity index (χ1n) is 7.19. The van der Waals surface area contributed by atoms with Gasteiger partial charge in [0.2, 0.25) is 5.90 Å². The second kappa shape index (κ2) is 6.43. The topological polar surface area (TPSA) is 81.8 Å². The van der Waals surface area contributed by atoms with Crippen molar-refractivity contribution in [2.24, 2.45) is 4.99 Å². The Labute approximate surface area is 144 Å². The third-order valence-corrected chi connectivity index (χ3v) is 3.44. The van der Waals surface area contributed by atoms with Gasteiger partial charge in [-0.15, -0.1) is 0 Å². The number of nitro groups is 1. The van der Waals surface area contributed by atoms with Crippen LogP contribution in [0.2, 0.25) is 0 Å². The third kappa shape index (κ3) is 3.61. The molecule has 0 bridgehead atoms. The van der Waals surface area contributed by atoms with Gasteiger partial charge in [-0.2, -0.15) is 13.2 Å². The number of halogens is 3. The molecule has 0 atom stereocenters. The van der Waals surface area contributed by atoms with Crippen LogP contribution >= 0.6 is 0 Å². The molecule has 0 fully saturated rings. The minimum absolute atomic E-state index is 0.00406. The maximum atomic E-state index is 12.8. The van der Waals surface area contributed by atoms with Crippen LogP contribution in [-0.2, 0) is 15.7 Å². The summed E-state index contributed by atoms with van der Waals surface area (Å²) < 4.78 is 43.3. The number of aliphatic imine (C=N–C) groups is 1. The molecule has 132 valence electrons. The SMILES string of the molecule is O=C1OC(c2cccc(C(F)(F)F)c2)=NC1=Cc1cccc([N+](=O)[O-])c1. The van der Waals surface area contributed by atoms with Crippen molar-refractivity contribution in [2.45, 2.75) is 6.18 Å². The molecular weight excluding hydrogens is 353 g/mol. The molecule has 0 unspecified atom stereocenters. The monoisotopic (exact) mass is 362 g/mol. The fraction of sp³-hybridized carbons (Fsp3) is 0.0588. The zero-order valence-electron chi connectivity index (χ0n) is 12.9. The molecule has 1 aliphatic heterocycles. The van der Waals surface area contributed by atoms with E-state index in [1.807, 2.05) is 0 Å². The Bertz CT molecular complexity index is 964. The number of hydrogen-bond acceptors (Lipinski definition) is 5. The second-order valence-electron chi connectivity index (χ2n) is 5.27. The van der Waals surface area contributed by atoms with E-state index < -0.39 is 22.6 Å². The first-order chi connectivity index (χ1) is 12.2. The molecular formula is C17H9F3N2O4. The Hall–Kier alpha value is -3.49. The van der Waals surface area contributed by atoms with Crippen molar-refractivity contribution in [3.63, 3.8) is 0 Å². The number of carbonyl (C=O) groups is 1. The molecule has 0 N–H and O–H groups in total. The highest BCUT2D eigenvalue weighted by Crippen LogP contribution is 2.30. The summed E-state index contributed by atoms with van der Waals surface area (Å²) in [7, 11) is 0. The number of rotatable bonds is 3. The van der Waals surface area contributed by atoms with Gasteiger partial charge in [-0.3, -0.25) is 10.1 Å². The number of esters is 1. The van der Waals surface area contributed by atoms with E-state index in [4.69, 9.17) is 4.74 Å². The second-order valence-corrected chi connectivity index (χ2v) is 5.27. The Morgan fingerprint density at radius 3 is 2.54 bits per heavy atom. The molecule has 2 aromatic rings. The van der Waals surface area contributed by atoms with E-state index in [0.29, 0.717) is 5.56 Å². The smallest absolute Gasteiger partial charge is 0.402 e. The fourth-order valence-electron chi connectivity index (χ4n) is 2.25.